The van der Waals surface area contributed by atoms with Gasteiger partial charge >= 0.3 is 19.8 Å². The number of carbonyl (C=O) groups is 2. The van der Waals surface area contributed by atoms with Gasteiger partial charge in [-0.05, 0) is 57.8 Å². The number of rotatable bonds is 36. The monoisotopic (exact) mass is 779 g/mol. The van der Waals surface area contributed by atoms with Crippen LogP contribution < -0.4 is 0 Å². The van der Waals surface area contributed by atoms with Gasteiger partial charge in [0.05, 0.1) is 27.7 Å². The van der Waals surface area contributed by atoms with E-state index in [0.717, 1.165) is 77.0 Å². The van der Waals surface area contributed by atoms with Crippen LogP contribution in [0.25, 0.3) is 0 Å². The van der Waals surface area contributed by atoms with Gasteiger partial charge in [-0.2, -0.15) is 0 Å². The summed E-state index contributed by atoms with van der Waals surface area (Å²) in [6, 6.07) is 0. The van der Waals surface area contributed by atoms with Gasteiger partial charge in [0.1, 0.15) is 19.8 Å². The van der Waals surface area contributed by atoms with Gasteiger partial charge < -0.3 is 18.9 Å². The molecule has 310 valence electrons. The first-order valence-corrected chi connectivity index (χ1v) is 22.2. The maximum Gasteiger partial charge on any atom is 0.472 e. The predicted molar refractivity (Wildman–Crippen MR) is 224 cm³/mol. The molecule has 0 aliphatic rings. The molecule has 1 N–H and O–H groups in total. The van der Waals surface area contributed by atoms with E-state index in [4.69, 9.17) is 18.5 Å². The average molecular weight is 779 g/mol. The first-order chi connectivity index (χ1) is 26.0. The largest absolute Gasteiger partial charge is 0.472 e. The Morgan fingerprint density at radius 1 is 0.593 bits per heavy atom. The van der Waals surface area contributed by atoms with Gasteiger partial charge in [0.25, 0.3) is 0 Å². The lowest BCUT2D eigenvalue weighted by Crippen LogP contribution is -2.37. The fourth-order valence-corrected chi connectivity index (χ4v) is 5.81. The fourth-order valence-electron chi connectivity index (χ4n) is 5.07. The molecule has 0 aromatic heterocycles. The molecule has 0 spiro atoms. The minimum absolute atomic E-state index is 0.0200. The smallest absolute Gasteiger partial charge is 0.462 e. The van der Waals surface area contributed by atoms with Crippen LogP contribution in [0.15, 0.2) is 72.9 Å². The van der Waals surface area contributed by atoms with Crippen molar-refractivity contribution in [3.8, 4) is 0 Å². The molecule has 0 radical (unpaired) electrons. The molecule has 0 aliphatic carbocycles. The van der Waals surface area contributed by atoms with Gasteiger partial charge in [-0.1, -0.05) is 145 Å². The van der Waals surface area contributed by atoms with Crippen LogP contribution in [0.4, 0.5) is 0 Å². The number of nitrogens with zero attached hydrogens (tertiary/aromatic N) is 1. The van der Waals surface area contributed by atoms with E-state index in [9.17, 15) is 19.0 Å². The lowest BCUT2D eigenvalue weighted by molar-refractivity contribution is -0.870. The minimum Gasteiger partial charge on any atom is -0.462 e. The molecule has 0 aliphatic heterocycles. The molecule has 0 aromatic rings. The van der Waals surface area contributed by atoms with Crippen molar-refractivity contribution in [2.24, 2.45) is 0 Å². The van der Waals surface area contributed by atoms with Crippen molar-refractivity contribution < 1.29 is 42.1 Å². The van der Waals surface area contributed by atoms with E-state index in [1.165, 1.54) is 25.7 Å². The first kappa shape index (κ1) is 51.5. The van der Waals surface area contributed by atoms with Gasteiger partial charge in [0.2, 0.25) is 0 Å². The molecule has 0 rings (SSSR count). The zero-order chi connectivity index (χ0) is 40.0. The van der Waals surface area contributed by atoms with Crippen molar-refractivity contribution in [2.75, 3.05) is 47.5 Å². The highest BCUT2D eigenvalue weighted by atomic mass is 31.2. The standard InChI is InChI=1S/C44H76NO8P/c1-6-8-10-12-14-16-18-20-22-24-26-28-30-32-34-36-43(46)50-40-42(41-52-54(48,49)51-39-38-45(3,4)5)53-44(47)37-35-33-31-29-27-25-23-21-19-17-15-13-11-9-7-2/h9,11,13,15-23,42H,6-8,10,12,14,24-41H2,1-5H3/p+1/b11-9+,15-13+,18-16+,19-17+,22-20+,23-21+/t42-/m1/s1. The number of phosphoric acid groups is 1. The second kappa shape index (κ2) is 36.1. The second-order valence-electron chi connectivity index (χ2n) is 14.8. The fraction of sp³-hybridized carbons (Fsp3) is 0.682. The quantitative estimate of drug-likeness (QED) is 0.0220. The number of unbranched alkanes of at least 4 members (excludes halogenated alkanes) is 14. The topological polar surface area (TPSA) is 108 Å². The Balaban J connectivity index is 4.49. The van der Waals surface area contributed by atoms with Crippen molar-refractivity contribution in [1.82, 2.24) is 0 Å². The van der Waals surface area contributed by atoms with Gasteiger partial charge in [-0.15, -0.1) is 0 Å². The normalized spacial score (nSPS) is 14.4. The minimum atomic E-state index is -4.39. The number of phosphoric ester groups is 1. The van der Waals surface area contributed by atoms with Crippen molar-refractivity contribution in [3.05, 3.63) is 72.9 Å². The number of carbonyl (C=O) groups excluding carboxylic acids is 2. The van der Waals surface area contributed by atoms with Gasteiger partial charge in [-0.3, -0.25) is 18.6 Å². The first-order valence-electron chi connectivity index (χ1n) is 20.7. The maximum absolute atomic E-state index is 12.7. The highest BCUT2D eigenvalue weighted by Crippen LogP contribution is 2.43. The van der Waals surface area contributed by atoms with Crippen LogP contribution in [0.1, 0.15) is 142 Å². The lowest BCUT2D eigenvalue weighted by Gasteiger charge is -2.24. The van der Waals surface area contributed by atoms with Crippen LogP contribution >= 0.6 is 7.82 Å². The summed E-state index contributed by atoms with van der Waals surface area (Å²) < 4.78 is 34.2. The molecule has 54 heavy (non-hydrogen) atoms. The number of likely N-dealkylation sites (N-methyl/N-ethyl adjacent to an activating group) is 1. The maximum atomic E-state index is 12.7. The number of allylic oxidation sites excluding steroid dienone is 12. The third kappa shape index (κ3) is 39.2. The highest BCUT2D eigenvalue weighted by Gasteiger charge is 2.27. The van der Waals surface area contributed by atoms with Crippen LogP contribution in [0.5, 0.6) is 0 Å². The zero-order valence-electron chi connectivity index (χ0n) is 34.7. The van der Waals surface area contributed by atoms with Gasteiger partial charge in [0.15, 0.2) is 6.10 Å². The summed E-state index contributed by atoms with van der Waals surface area (Å²) in [5, 5.41) is 0. The summed E-state index contributed by atoms with van der Waals surface area (Å²) in [4.78, 5) is 35.3. The molecule has 0 saturated heterocycles. The third-order valence-corrected chi connectivity index (χ3v) is 9.33. The SMILES string of the molecule is CC/C=C/C=C/C=C/C=C/CCCCCCCC(=O)O[C@H](COC(=O)CCCCCCC/C=C/C=C/CCCCCC)COP(=O)(O)OCC[N+](C)(C)C. The highest BCUT2D eigenvalue weighted by molar-refractivity contribution is 7.47. The Morgan fingerprint density at radius 2 is 1.06 bits per heavy atom. The van der Waals surface area contributed by atoms with Crippen molar-refractivity contribution in [3.63, 3.8) is 0 Å². The van der Waals surface area contributed by atoms with E-state index >= 15 is 0 Å². The predicted octanol–water partition coefficient (Wildman–Crippen LogP) is 11.5. The molecule has 0 saturated carbocycles. The van der Waals surface area contributed by atoms with Crippen LogP contribution in [0.2, 0.25) is 0 Å². The average Bonchev–Trinajstić information content (AvgIpc) is 3.12. The molecule has 1 unspecified atom stereocenters. The molecule has 0 fully saturated rings. The molecule has 0 bridgehead atoms. The number of esters is 2. The molecule has 9 nitrogen and oxygen atoms in total. The zero-order valence-corrected chi connectivity index (χ0v) is 35.6. The molecule has 0 heterocycles. The summed E-state index contributed by atoms with van der Waals surface area (Å²) in [7, 11) is 1.43. The Hall–Kier alpha value is -2.55. The Bertz CT molecular complexity index is 1150. The molecule has 0 amide bonds. The van der Waals surface area contributed by atoms with Gasteiger partial charge in [0, 0.05) is 12.8 Å². The molecule has 2 atom stereocenters. The molecule has 0 aromatic carbocycles. The Morgan fingerprint density at radius 3 is 1.59 bits per heavy atom. The molecule has 10 heteroatoms. The third-order valence-electron chi connectivity index (χ3n) is 8.34. The van der Waals surface area contributed by atoms with Crippen LogP contribution in [0, 0.1) is 0 Å². The van der Waals surface area contributed by atoms with E-state index < -0.39 is 32.5 Å². The molecular weight excluding hydrogens is 701 g/mol. The molecular formula is C44H77NO8P+. The van der Waals surface area contributed by atoms with Crippen LogP contribution in [-0.4, -0.2) is 74.9 Å². The Labute approximate surface area is 329 Å². The summed E-state index contributed by atoms with van der Waals surface area (Å²) >= 11 is 0. The lowest BCUT2D eigenvalue weighted by atomic mass is 10.1. The summed E-state index contributed by atoms with van der Waals surface area (Å²) in [5.41, 5.74) is 0. The second-order valence-corrected chi connectivity index (χ2v) is 16.2. The summed E-state index contributed by atoms with van der Waals surface area (Å²) in [6.45, 7) is 4.19. The van der Waals surface area contributed by atoms with E-state index in [2.05, 4.69) is 56.4 Å². The number of quaternary nitrogens is 1. The number of hydrogen-bond donors (Lipinski definition) is 1. The Kier molecular flexibility index (Phi) is 34.4. The van der Waals surface area contributed by atoms with Crippen molar-refractivity contribution in [1.29, 1.82) is 0 Å². The van der Waals surface area contributed by atoms with Crippen LogP contribution in [0.3, 0.4) is 0 Å². The van der Waals surface area contributed by atoms with E-state index in [1.54, 1.807) is 0 Å². The van der Waals surface area contributed by atoms with Gasteiger partial charge in [-0.25, -0.2) is 4.57 Å². The van der Waals surface area contributed by atoms with Crippen molar-refractivity contribution >= 4 is 19.8 Å². The number of ether oxygens (including phenoxy) is 2. The number of hydrogen-bond acceptors (Lipinski definition) is 7. The van der Waals surface area contributed by atoms with E-state index in [1.807, 2.05) is 51.5 Å². The van der Waals surface area contributed by atoms with E-state index in [0.29, 0.717) is 23.9 Å². The summed E-state index contributed by atoms with van der Waals surface area (Å²) in [6.07, 6.45) is 43.7. The van der Waals surface area contributed by atoms with Crippen molar-refractivity contribution in [2.45, 2.75) is 148 Å². The summed E-state index contributed by atoms with van der Waals surface area (Å²) in [5.74, 6) is -0.852. The van der Waals surface area contributed by atoms with Crippen LogP contribution in [-0.2, 0) is 32.7 Å². The van der Waals surface area contributed by atoms with E-state index in [-0.39, 0.29) is 26.1 Å².